The van der Waals surface area contributed by atoms with Crippen molar-refractivity contribution in [2.75, 3.05) is 34.2 Å². The average molecular weight is 517 g/mol. The molecule has 10 nitrogen and oxygen atoms in total. The molecule has 11 heteroatoms. The first-order chi connectivity index (χ1) is 17.3. The van der Waals surface area contributed by atoms with Gasteiger partial charge in [-0.2, -0.15) is 0 Å². The number of rotatable bonds is 13. The third-order valence-electron chi connectivity index (χ3n) is 5.02. The molecular formula is C25H28N2O8S. The molecule has 3 aromatic rings. The number of hydrogen-bond acceptors (Lipinski definition) is 8. The third kappa shape index (κ3) is 7.51. The second-order valence-corrected chi connectivity index (χ2v) is 9.17. The maximum atomic E-state index is 13.1. The number of benzene rings is 3. The van der Waals surface area contributed by atoms with Crippen molar-refractivity contribution in [2.45, 2.75) is 11.3 Å². The first kappa shape index (κ1) is 27.1. The summed E-state index contributed by atoms with van der Waals surface area (Å²) < 4.78 is 47.0. The zero-order chi connectivity index (χ0) is 26.0. The van der Waals surface area contributed by atoms with Crippen LogP contribution in [-0.4, -0.2) is 58.9 Å². The Hall–Kier alpha value is -3.48. The smallest absolute Gasteiger partial charge is 0.293 e. The van der Waals surface area contributed by atoms with E-state index in [-0.39, 0.29) is 22.4 Å². The highest BCUT2D eigenvalue weighted by Gasteiger charge is 2.25. The molecule has 0 heterocycles. The molecule has 192 valence electrons. The van der Waals surface area contributed by atoms with Crippen molar-refractivity contribution in [1.29, 1.82) is 0 Å². The van der Waals surface area contributed by atoms with Gasteiger partial charge >= 0.3 is 0 Å². The van der Waals surface area contributed by atoms with E-state index in [4.69, 9.17) is 18.9 Å². The summed E-state index contributed by atoms with van der Waals surface area (Å²) in [6.07, 6.45) is 0.291. The lowest BCUT2D eigenvalue weighted by Crippen LogP contribution is -2.44. The lowest BCUT2D eigenvalue weighted by atomic mass is 10.0. The van der Waals surface area contributed by atoms with Crippen molar-refractivity contribution in [3.05, 3.63) is 89.5 Å². The fourth-order valence-electron chi connectivity index (χ4n) is 3.26. The Bertz CT molecular complexity index is 1250. The van der Waals surface area contributed by atoms with E-state index in [0.29, 0.717) is 36.7 Å². The Morgan fingerprint density at radius 2 is 1.72 bits per heavy atom. The highest BCUT2D eigenvalue weighted by atomic mass is 32.2. The predicted molar refractivity (Wildman–Crippen MR) is 130 cm³/mol. The van der Waals surface area contributed by atoms with E-state index < -0.39 is 15.9 Å². The molecule has 0 saturated carbocycles. The van der Waals surface area contributed by atoms with Gasteiger partial charge < -0.3 is 18.9 Å². The van der Waals surface area contributed by atoms with Crippen LogP contribution < -0.4 is 14.3 Å². The maximum absolute atomic E-state index is 13.1. The topological polar surface area (TPSA) is 124 Å². The lowest BCUT2D eigenvalue weighted by Gasteiger charge is -2.18. The van der Waals surface area contributed by atoms with Crippen molar-refractivity contribution in [2.24, 2.45) is 0 Å². The van der Waals surface area contributed by atoms with Crippen molar-refractivity contribution in [3.8, 4) is 11.5 Å². The minimum atomic E-state index is -4.34. The molecule has 36 heavy (non-hydrogen) atoms. The van der Waals surface area contributed by atoms with Gasteiger partial charge in [0.25, 0.3) is 15.9 Å². The molecule has 0 aromatic heterocycles. The Labute approximate surface area is 210 Å². The minimum Gasteiger partial charge on any atom is -0.497 e. The number of carbonyl (C=O) groups excluding carboxylic acids is 1. The van der Waals surface area contributed by atoms with Gasteiger partial charge in [-0.05, 0) is 53.9 Å². The summed E-state index contributed by atoms with van der Waals surface area (Å²) in [5, 5.41) is 10.2. The summed E-state index contributed by atoms with van der Waals surface area (Å²) in [6.45, 7) is 0.667. The van der Waals surface area contributed by atoms with E-state index >= 15 is 0 Å². The average Bonchev–Trinajstić information content (AvgIpc) is 2.88. The van der Waals surface area contributed by atoms with Gasteiger partial charge in [0.2, 0.25) is 0 Å². The van der Waals surface area contributed by atoms with Crippen LogP contribution in [0.15, 0.2) is 77.7 Å². The molecule has 0 aliphatic rings. The second-order valence-electron chi connectivity index (χ2n) is 7.54. The van der Waals surface area contributed by atoms with Crippen LogP contribution in [0.3, 0.4) is 0 Å². The zero-order valence-electron chi connectivity index (χ0n) is 19.9. The Kier molecular flexibility index (Phi) is 9.79. The van der Waals surface area contributed by atoms with Crippen LogP contribution in [0.25, 0.3) is 0 Å². The summed E-state index contributed by atoms with van der Waals surface area (Å²) in [5.41, 5.74) is 1.30. The molecule has 3 rings (SSSR count). The van der Waals surface area contributed by atoms with E-state index in [9.17, 15) is 18.4 Å². The van der Waals surface area contributed by atoms with E-state index in [1.54, 1.807) is 19.2 Å². The van der Waals surface area contributed by atoms with Crippen LogP contribution in [0.5, 0.6) is 11.5 Å². The normalized spacial score (nSPS) is 11.2. The number of ether oxygens (including phenoxy) is 4. The molecule has 0 aliphatic heterocycles. The molecular weight excluding hydrogens is 488 g/mol. The number of sulfonamides is 1. The van der Waals surface area contributed by atoms with Crippen LogP contribution in [0.2, 0.25) is 0 Å². The van der Waals surface area contributed by atoms with Gasteiger partial charge in [-0.15, -0.1) is 5.17 Å². The molecule has 0 spiro atoms. The van der Waals surface area contributed by atoms with Crippen molar-refractivity contribution in [3.63, 3.8) is 0 Å². The quantitative estimate of drug-likeness (QED) is 0.154. The number of nitrogens with zero attached hydrogens (tertiary/aromatic N) is 1. The standard InChI is InChI=1S/C25H28N2O8S/c1-32-13-14-34-18-35-23-10-6-9-20(16-23)25(28)27(29)26-36(30,31)24-12-11-22(33-2)17-21(24)15-19-7-4-3-5-8-19/h3-12,16-17,26,29H,13-15,18H2,1-2H3. The maximum Gasteiger partial charge on any atom is 0.293 e. The van der Waals surface area contributed by atoms with Crippen LogP contribution in [0.4, 0.5) is 0 Å². The Balaban J connectivity index is 1.74. The second kappa shape index (κ2) is 13.0. The molecule has 0 saturated heterocycles. The van der Waals surface area contributed by atoms with Crippen LogP contribution in [-0.2, 0) is 25.9 Å². The van der Waals surface area contributed by atoms with Gasteiger partial charge in [0, 0.05) is 12.7 Å². The van der Waals surface area contributed by atoms with E-state index in [0.717, 1.165) is 5.56 Å². The number of hydrogen-bond donors (Lipinski definition) is 2. The van der Waals surface area contributed by atoms with Gasteiger partial charge in [0.15, 0.2) is 6.79 Å². The van der Waals surface area contributed by atoms with Gasteiger partial charge in [-0.3, -0.25) is 10.0 Å². The summed E-state index contributed by atoms with van der Waals surface area (Å²) >= 11 is 0. The molecule has 1 amide bonds. The van der Waals surface area contributed by atoms with Crippen molar-refractivity contribution in [1.82, 2.24) is 10.0 Å². The zero-order valence-corrected chi connectivity index (χ0v) is 20.7. The summed E-state index contributed by atoms with van der Waals surface area (Å²) in [6, 6.07) is 19.6. The molecule has 0 radical (unpaired) electrons. The number of methoxy groups -OCH3 is 2. The lowest BCUT2D eigenvalue weighted by molar-refractivity contribution is -0.0761. The molecule has 0 atom stereocenters. The molecule has 0 aliphatic carbocycles. The fourth-order valence-corrected chi connectivity index (χ4v) is 4.39. The number of nitrogens with one attached hydrogen (secondary N) is 1. The highest BCUT2D eigenvalue weighted by Crippen LogP contribution is 2.25. The highest BCUT2D eigenvalue weighted by molar-refractivity contribution is 7.89. The first-order valence-electron chi connectivity index (χ1n) is 10.9. The molecule has 3 aromatic carbocycles. The Morgan fingerprint density at radius 3 is 2.44 bits per heavy atom. The predicted octanol–water partition coefficient (Wildman–Crippen LogP) is 3.01. The number of carbonyl (C=O) groups is 1. The van der Waals surface area contributed by atoms with Gasteiger partial charge in [-0.1, -0.05) is 41.2 Å². The van der Waals surface area contributed by atoms with Crippen molar-refractivity contribution >= 4 is 15.9 Å². The Morgan fingerprint density at radius 1 is 0.944 bits per heavy atom. The third-order valence-corrected chi connectivity index (χ3v) is 6.41. The summed E-state index contributed by atoms with van der Waals surface area (Å²) in [4.78, 5) is 14.5. The van der Waals surface area contributed by atoms with Crippen molar-refractivity contribution < 1.29 is 37.4 Å². The molecule has 0 fully saturated rings. The largest absolute Gasteiger partial charge is 0.497 e. The monoisotopic (exact) mass is 516 g/mol. The van der Waals surface area contributed by atoms with E-state index in [1.165, 1.54) is 37.4 Å². The number of amides is 1. The van der Waals surface area contributed by atoms with Gasteiger partial charge in [-0.25, -0.2) is 8.42 Å². The fraction of sp³-hybridized carbons (Fsp3) is 0.240. The van der Waals surface area contributed by atoms with Gasteiger partial charge in [0.1, 0.15) is 11.5 Å². The molecule has 0 bridgehead atoms. The summed E-state index contributed by atoms with van der Waals surface area (Å²) in [5.74, 6) is -0.225. The molecule has 0 unspecified atom stereocenters. The number of hydroxylamine groups is 1. The van der Waals surface area contributed by atoms with Crippen LogP contribution in [0.1, 0.15) is 21.5 Å². The van der Waals surface area contributed by atoms with E-state index in [1.807, 2.05) is 35.2 Å². The molecule has 2 N–H and O–H groups in total. The summed E-state index contributed by atoms with van der Waals surface area (Å²) in [7, 11) is -1.31. The van der Waals surface area contributed by atoms with Crippen LogP contribution in [0, 0.1) is 0 Å². The SMILES string of the molecule is COCCOCOc1cccc(C(=O)N(O)NS(=O)(=O)c2ccc(OC)cc2Cc2ccccc2)c1. The number of hydrazine groups is 1. The van der Waals surface area contributed by atoms with Gasteiger partial charge in [0.05, 0.1) is 25.2 Å². The first-order valence-corrected chi connectivity index (χ1v) is 12.4. The minimum absolute atomic E-state index is 0.00571. The van der Waals surface area contributed by atoms with E-state index in [2.05, 4.69) is 0 Å². The van der Waals surface area contributed by atoms with Crippen LogP contribution >= 0.6 is 0 Å².